The maximum atomic E-state index is 12.9. The number of aromatic nitrogens is 2. The fourth-order valence-electron chi connectivity index (χ4n) is 3.47. The number of benzene rings is 1. The van der Waals surface area contributed by atoms with Crippen LogP contribution in [0.2, 0.25) is 0 Å². The zero-order valence-corrected chi connectivity index (χ0v) is 16.4. The van der Waals surface area contributed by atoms with Gasteiger partial charge in [-0.2, -0.15) is 0 Å². The minimum Gasteiger partial charge on any atom is -0.480 e. The summed E-state index contributed by atoms with van der Waals surface area (Å²) in [5, 5.41) is 0.481. The van der Waals surface area contributed by atoms with Gasteiger partial charge in [-0.3, -0.25) is 14.2 Å². The fraction of sp³-hybridized carbons (Fsp3) is 0.450. The first kappa shape index (κ1) is 18.9. The summed E-state index contributed by atoms with van der Waals surface area (Å²) in [6.45, 7) is 12.7. The Bertz CT molecular complexity index is 956. The van der Waals surface area contributed by atoms with Crippen LogP contribution in [0.15, 0.2) is 29.4 Å². The van der Waals surface area contributed by atoms with E-state index in [0.29, 0.717) is 48.0 Å². The molecule has 1 aliphatic heterocycles. The predicted octanol–water partition coefficient (Wildman–Crippen LogP) is 2.07. The standard InChI is InChI=1S/C20H26N4O3/c1-6-27-15(4)23-7-9-24(10-8-23)20-21-18-16(14(3)25)11-13(2)12-17(18)19(26)22(20)5/h11-12H,4,6-10H2,1-3,5H3. The smallest absolute Gasteiger partial charge is 0.262 e. The van der Waals surface area contributed by atoms with Crippen molar-refractivity contribution < 1.29 is 9.53 Å². The van der Waals surface area contributed by atoms with Gasteiger partial charge in [0, 0.05) is 38.8 Å². The quantitative estimate of drug-likeness (QED) is 0.593. The second-order valence-electron chi connectivity index (χ2n) is 6.84. The molecular formula is C20H26N4O3. The molecule has 7 nitrogen and oxygen atoms in total. The zero-order valence-electron chi connectivity index (χ0n) is 16.4. The van der Waals surface area contributed by atoms with Crippen LogP contribution in [0.3, 0.4) is 0 Å². The average molecular weight is 370 g/mol. The molecule has 3 rings (SSSR count). The average Bonchev–Trinajstić information content (AvgIpc) is 2.64. The van der Waals surface area contributed by atoms with E-state index >= 15 is 0 Å². The van der Waals surface area contributed by atoms with Gasteiger partial charge in [0.05, 0.1) is 17.5 Å². The van der Waals surface area contributed by atoms with Crippen molar-refractivity contribution in [3.63, 3.8) is 0 Å². The number of ketones is 1. The number of ether oxygens (including phenoxy) is 1. The van der Waals surface area contributed by atoms with E-state index in [9.17, 15) is 9.59 Å². The van der Waals surface area contributed by atoms with Crippen LogP contribution >= 0.6 is 0 Å². The van der Waals surface area contributed by atoms with Crippen molar-refractivity contribution in [3.05, 3.63) is 46.1 Å². The Balaban J connectivity index is 1.99. The number of piperazine rings is 1. The SMILES string of the molecule is C=C(OCC)N1CCN(c2nc3c(C(C)=O)cc(C)cc3c(=O)n2C)CC1. The van der Waals surface area contributed by atoms with E-state index in [-0.39, 0.29) is 11.3 Å². The summed E-state index contributed by atoms with van der Waals surface area (Å²) in [5.74, 6) is 1.17. The number of carbonyl (C=O) groups is 1. The maximum Gasteiger partial charge on any atom is 0.262 e. The van der Waals surface area contributed by atoms with Crippen LogP contribution in [0.25, 0.3) is 10.9 Å². The first-order valence-corrected chi connectivity index (χ1v) is 9.17. The molecule has 0 bridgehead atoms. The molecule has 1 aliphatic rings. The van der Waals surface area contributed by atoms with Crippen molar-refractivity contribution in [1.29, 1.82) is 0 Å². The molecule has 1 aromatic heterocycles. The van der Waals surface area contributed by atoms with E-state index in [0.717, 1.165) is 18.7 Å². The van der Waals surface area contributed by atoms with Gasteiger partial charge in [-0.15, -0.1) is 0 Å². The number of fused-ring (bicyclic) bond motifs is 1. The molecule has 0 amide bonds. The van der Waals surface area contributed by atoms with Crippen molar-refractivity contribution in [3.8, 4) is 0 Å². The number of aryl methyl sites for hydroxylation is 1. The van der Waals surface area contributed by atoms with E-state index in [4.69, 9.17) is 9.72 Å². The molecule has 0 saturated carbocycles. The van der Waals surface area contributed by atoms with Crippen LogP contribution in [-0.2, 0) is 11.8 Å². The summed E-state index contributed by atoms with van der Waals surface area (Å²) < 4.78 is 7.05. The Morgan fingerprint density at radius 1 is 1.26 bits per heavy atom. The normalized spacial score (nSPS) is 14.5. The molecule has 0 atom stereocenters. The number of rotatable bonds is 5. The van der Waals surface area contributed by atoms with Gasteiger partial charge < -0.3 is 14.5 Å². The Hall–Kier alpha value is -2.83. The van der Waals surface area contributed by atoms with E-state index in [2.05, 4.69) is 16.4 Å². The number of anilines is 1. The number of nitrogens with zero attached hydrogens (tertiary/aromatic N) is 4. The van der Waals surface area contributed by atoms with Crippen molar-refractivity contribution in [2.24, 2.45) is 7.05 Å². The Labute approximate surface area is 158 Å². The number of Topliss-reactive ketones (excluding diaryl/α,β-unsaturated/α-hetero) is 1. The van der Waals surface area contributed by atoms with E-state index in [1.165, 1.54) is 6.92 Å². The third kappa shape index (κ3) is 3.54. The second-order valence-corrected chi connectivity index (χ2v) is 6.84. The summed E-state index contributed by atoms with van der Waals surface area (Å²) in [5.41, 5.74) is 1.71. The minimum absolute atomic E-state index is 0.0896. The highest BCUT2D eigenvalue weighted by molar-refractivity contribution is 6.05. The fourth-order valence-corrected chi connectivity index (χ4v) is 3.47. The molecule has 7 heteroatoms. The number of hydrogen-bond donors (Lipinski definition) is 0. The van der Waals surface area contributed by atoms with Gasteiger partial charge in [0.25, 0.3) is 5.56 Å². The molecule has 144 valence electrons. The van der Waals surface area contributed by atoms with Crippen molar-refractivity contribution >= 4 is 22.6 Å². The topological polar surface area (TPSA) is 67.7 Å². The van der Waals surface area contributed by atoms with Crippen LogP contribution in [0.1, 0.15) is 29.8 Å². The monoisotopic (exact) mass is 370 g/mol. The molecule has 1 aromatic carbocycles. The van der Waals surface area contributed by atoms with Gasteiger partial charge in [0.2, 0.25) is 5.95 Å². The van der Waals surface area contributed by atoms with Gasteiger partial charge in [0.1, 0.15) is 0 Å². The van der Waals surface area contributed by atoms with Crippen LogP contribution in [0, 0.1) is 6.92 Å². The van der Waals surface area contributed by atoms with Crippen LogP contribution in [-0.4, -0.2) is 53.0 Å². The summed E-state index contributed by atoms with van der Waals surface area (Å²) in [6, 6.07) is 3.59. The third-order valence-electron chi connectivity index (χ3n) is 4.91. The third-order valence-corrected chi connectivity index (χ3v) is 4.91. The van der Waals surface area contributed by atoms with Gasteiger partial charge >= 0.3 is 0 Å². The van der Waals surface area contributed by atoms with E-state index in [1.807, 2.05) is 13.8 Å². The first-order chi connectivity index (χ1) is 12.8. The largest absolute Gasteiger partial charge is 0.480 e. The molecule has 27 heavy (non-hydrogen) atoms. The van der Waals surface area contributed by atoms with Crippen LogP contribution in [0.4, 0.5) is 5.95 Å². The Morgan fingerprint density at radius 3 is 2.52 bits per heavy atom. The van der Waals surface area contributed by atoms with Crippen molar-refractivity contribution in [2.75, 3.05) is 37.7 Å². The lowest BCUT2D eigenvalue weighted by molar-refractivity contribution is 0.101. The molecule has 2 aromatic rings. The van der Waals surface area contributed by atoms with Gasteiger partial charge in [0.15, 0.2) is 11.7 Å². The maximum absolute atomic E-state index is 12.9. The Morgan fingerprint density at radius 2 is 1.93 bits per heavy atom. The molecule has 0 radical (unpaired) electrons. The lowest BCUT2D eigenvalue weighted by atomic mass is 10.0. The van der Waals surface area contributed by atoms with E-state index < -0.39 is 0 Å². The lowest BCUT2D eigenvalue weighted by Gasteiger charge is -2.37. The summed E-state index contributed by atoms with van der Waals surface area (Å²) in [6.07, 6.45) is 0. The van der Waals surface area contributed by atoms with Gasteiger partial charge in [-0.05, 0) is 45.0 Å². The minimum atomic E-state index is -0.137. The zero-order chi connectivity index (χ0) is 19.7. The summed E-state index contributed by atoms with van der Waals surface area (Å²) in [7, 11) is 1.73. The molecule has 1 saturated heterocycles. The highest BCUT2D eigenvalue weighted by Crippen LogP contribution is 2.22. The van der Waals surface area contributed by atoms with Crippen LogP contribution < -0.4 is 10.5 Å². The lowest BCUT2D eigenvalue weighted by Crippen LogP contribution is -2.48. The van der Waals surface area contributed by atoms with Gasteiger partial charge in [-0.1, -0.05) is 0 Å². The molecule has 0 aliphatic carbocycles. The van der Waals surface area contributed by atoms with Gasteiger partial charge in [-0.25, -0.2) is 4.98 Å². The molecular weight excluding hydrogens is 344 g/mol. The molecule has 0 spiro atoms. The first-order valence-electron chi connectivity index (χ1n) is 9.17. The van der Waals surface area contributed by atoms with Crippen LogP contribution in [0.5, 0.6) is 0 Å². The molecule has 0 N–H and O–H groups in total. The summed E-state index contributed by atoms with van der Waals surface area (Å²) >= 11 is 0. The summed E-state index contributed by atoms with van der Waals surface area (Å²) in [4.78, 5) is 33.9. The van der Waals surface area contributed by atoms with Crippen molar-refractivity contribution in [1.82, 2.24) is 14.5 Å². The second kappa shape index (κ2) is 7.42. The van der Waals surface area contributed by atoms with Crippen molar-refractivity contribution in [2.45, 2.75) is 20.8 Å². The number of carbonyl (C=O) groups excluding carboxylic acids is 1. The molecule has 2 heterocycles. The predicted molar refractivity (Wildman–Crippen MR) is 106 cm³/mol. The van der Waals surface area contributed by atoms with E-state index in [1.54, 1.807) is 23.7 Å². The molecule has 1 fully saturated rings. The Kier molecular flexibility index (Phi) is 5.21. The highest BCUT2D eigenvalue weighted by atomic mass is 16.5. The number of hydrogen-bond acceptors (Lipinski definition) is 6. The molecule has 0 unspecified atom stereocenters. The highest BCUT2D eigenvalue weighted by Gasteiger charge is 2.23.